The van der Waals surface area contributed by atoms with Gasteiger partial charge in [-0.25, -0.2) is 0 Å². The minimum Gasteiger partial charge on any atom is -0.0730 e. The van der Waals surface area contributed by atoms with E-state index in [9.17, 15) is 0 Å². The zero-order chi connectivity index (χ0) is 21.3. The second-order valence-corrected chi connectivity index (χ2v) is 10.3. The molecule has 170 valence electrons. The van der Waals surface area contributed by atoms with E-state index >= 15 is 0 Å². The maximum absolute atomic E-state index is 3.26. The Kier molecular flexibility index (Phi) is 14.1. The minimum absolute atomic E-state index is 0.780. The van der Waals surface area contributed by atoms with E-state index in [2.05, 4.69) is 50.0 Å². The molecule has 0 bridgehead atoms. The highest BCUT2D eigenvalue weighted by Crippen LogP contribution is 2.33. The molecule has 0 heterocycles. The lowest BCUT2D eigenvalue weighted by Crippen LogP contribution is -2.13. The number of hydrogen-bond donors (Lipinski definition) is 0. The van der Waals surface area contributed by atoms with Crippen molar-refractivity contribution in [3.63, 3.8) is 0 Å². The molecule has 0 radical (unpaired) electrons. The Morgan fingerprint density at radius 1 is 0.533 bits per heavy atom. The molecule has 0 amide bonds. The second-order valence-electron chi connectivity index (χ2n) is 10.3. The Balaban J connectivity index is 1.53. The molecule has 2 aliphatic rings. The van der Waals surface area contributed by atoms with E-state index in [1.165, 1.54) is 116 Å². The zero-order valence-corrected chi connectivity index (χ0v) is 20.3. The van der Waals surface area contributed by atoms with Crippen LogP contribution in [0.3, 0.4) is 0 Å². The smallest absolute Gasteiger partial charge is 0.0153 e. The van der Waals surface area contributed by atoms with Crippen molar-refractivity contribution >= 4 is 0 Å². The van der Waals surface area contributed by atoms with Crippen molar-refractivity contribution in [2.24, 2.45) is 23.7 Å². The van der Waals surface area contributed by atoms with Crippen LogP contribution in [0, 0.1) is 35.5 Å². The van der Waals surface area contributed by atoms with Crippen LogP contribution in [-0.2, 0) is 0 Å². The maximum Gasteiger partial charge on any atom is -0.0153 e. The molecule has 0 nitrogen and oxygen atoms in total. The maximum atomic E-state index is 3.26. The van der Waals surface area contributed by atoms with Crippen LogP contribution in [0.2, 0.25) is 0 Å². The van der Waals surface area contributed by atoms with Gasteiger partial charge in [-0.3, -0.25) is 0 Å². The van der Waals surface area contributed by atoms with Crippen LogP contribution in [0.4, 0.5) is 0 Å². The molecule has 2 aliphatic carbocycles. The van der Waals surface area contributed by atoms with E-state index in [0.29, 0.717) is 0 Å². The van der Waals surface area contributed by atoms with Crippen molar-refractivity contribution in [2.75, 3.05) is 0 Å². The molecule has 0 aromatic rings. The molecule has 30 heavy (non-hydrogen) atoms. The van der Waals surface area contributed by atoms with Gasteiger partial charge in [0.15, 0.2) is 0 Å². The molecular weight excluding hydrogens is 360 g/mol. The number of rotatable bonds is 12. The summed E-state index contributed by atoms with van der Waals surface area (Å²) in [6.45, 7) is 4.61. The van der Waals surface area contributed by atoms with Crippen molar-refractivity contribution in [1.82, 2.24) is 0 Å². The average molecular weight is 411 g/mol. The summed E-state index contributed by atoms with van der Waals surface area (Å²) in [6.07, 6.45) is 34.6. The Labute approximate surface area is 189 Å². The fourth-order valence-electron chi connectivity index (χ4n) is 5.52. The predicted molar refractivity (Wildman–Crippen MR) is 134 cm³/mol. The Morgan fingerprint density at radius 3 is 1.40 bits per heavy atom. The molecule has 0 spiro atoms. The van der Waals surface area contributed by atoms with Gasteiger partial charge in [-0.05, 0) is 87.2 Å². The largest absolute Gasteiger partial charge is 0.0730 e. The zero-order valence-electron chi connectivity index (χ0n) is 20.3. The van der Waals surface area contributed by atoms with Crippen molar-refractivity contribution < 1.29 is 0 Å². The Hall–Kier alpha value is -0.960. The van der Waals surface area contributed by atoms with Gasteiger partial charge in [0.1, 0.15) is 0 Å². The molecule has 0 unspecified atom stereocenters. The van der Waals surface area contributed by atoms with Crippen molar-refractivity contribution in [3.8, 4) is 11.8 Å². The third-order valence-electron chi connectivity index (χ3n) is 7.70. The number of hydrogen-bond acceptors (Lipinski definition) is 0. The van der Waals surface area contributed by atoms with Crippen LogP contribution in [-0.4, -0.2) is 0 Å². The molecule has 0 aliphatic heterocycles. The Morgan fingerprint density at radius 2 is 0.933 bits per heavy atom. The lowest BCUT2D eigenvalue weighted by atomic mass is 9.79. The van der Waals surface area contributed by atoms with Gasteiger partial charge < -0.3 is 0 Å². The summed E-state index contributed by atoms with van der Waals surface area (Å²) < 4.78 is 0. The highest BCUT2D eigenvalue weighted by atomic mass is 14.2. The quantitative estimate of drug-likeness (QED) is 0.222. The highest BCUT2D eigenvalue weighted by molar-refractivity contribution is 5.24. The first-order valence-corrected chi connectivity index (χ1v) is 13.7. The number of unbranched alkanes of at least 4 members (excludes halogenated alkanes) is 6. The molecule has 2 fully saturated rings. The number of allylic oxidation sites excluding steroid dienone is 4. The van der Waals surface area contributed by atoms with E-state index in [1.807, 2.05) is 0 Å². The molecule has 2 rings (SSSR count). The summed E-state index contributed by atoms with van der Waals surface area (Å²) in [5, 5.41) is 0. The normalized spacial score (nSPS) is 27.4. The van der Waals surface area contributed by atoms with Gasteiger partial charge in [0.05, 0.1) is 0 Å². The first kappa shape index (κ1) is 25.3. The molecule has 0 aromatic carbocycles. The topological polar surface area (TPSA) is 0 Å². The van der Waals surface area contributed by atoms with Crippen LogP contribution >= 0.6 is 0 Å². The third kappa shape index (κ3) is 11.4. The lowest BCUT2D eigenvalue weighted by molar-refractivity contribution is 0.288. The summed E-state index contributed by atoms with van der Waals surface area (Å²) in [5.41, 5.74) is 0. The molecule has 0 N–H and O–H groups in total. The van der Waals surface area contributed by atoms with Gasteiger partial charge in [-0.1, -0.05) is 102 Å². The molecular formula is C30H50. The van der Waals surface area contributed by atoms with Crippen LogP contribution in [0.25, 0.3) is 0 Å². The second kappa shape index (κ2) is 16.7. The van der Waals surface area contributed by atoms with Crippen LogP contribution < -0.4 is 0 Å². The first-order valence-electron chi connectivity index (χ1n) is 13.7. The van der Waals surface area contributed by atoms with E-state index < -0.39 is 0 Å². The van der Waals surface area contributed by atoms with Crippen molar-refractivity contribution in [3.05, 3.63) is 24.3 Å². The SMILES string of the molecule is CCCCCCCC1CCC(C=CC#CC=CC2CCC(CCCCC)CC2)CC1. The van der Waals surface area contributed by atoms with Gasteiger partial charge in [0.25, 0.3) is 0 Å². The van der Waals surface area contributed by atoms with E-state index in [1.54, 1.807) is 0 Å². The summed E-state index contributed by atoms with van der Waals surface area (Å²) in [4.78, 5) is 0. The molecule has 0 heteroatoms. The van der Waals surface area contributed by atoms with Gasteiger partial charge in [0.2, 0.25) is 0 Å². The molecule has 0 atom stereocenters. The summed E-state index contributed by atoms with van der Waals surface area (Å²) >= 11 is 0. The van der Waals surface area contributed by atoms with Crippen LogP contribution in [0.15, 0.2) is 24.3 Å². The summed E-state index contributed by atoms with van der Waals surface area (Å²) in [6, 6.07) is 0. The molecule has 0 saturated heterocycles. The monoisotopic (exact) mass is 410 g/mol. The van der Waals surface area contributed by atoms with Crippen LogP contribution in [0.5, 0.6) is 0 Å². The van der Waals surface area contributed by atoms with E-state index in [4.69, 9.17) is 0 Å². The van der Waals surface area contributed by atoms with Gasteiger partial charge in [0, 0.05) is 0 Å². The first-order chi connectivity index (χ1) is 14.8. The summed E-state index contributed by atoms with van der Waals surface area (Å²) in [5.74, 6) is 10.1. The average Bonchev–Trinajstić information content (AvgIpc) is 2.78. The predicted octanol–water partition coefficient (Wildman–Crippen LogP) is 9.66. The van der Waals surface area contributed by atoms with Crippen molar-refractivity contribution in [2.45, 2.75) is 129 Å². The van der Waals surface area contributed by atoms with Crippen molar-refractivity contribution in [1.29, 1.82) is 0 Å². The Bertz CT molecular complexity index is 512. The van der Waals surface area contributed by atoms with E-state index in [-0.39, 0.29) is 0 Å². The standard InChI is InChI=1S/C30H50/c1-3-5-7-8-12-16-28-23-25-30(26-24-28)18-14-10-9-13-17-29-21-19-27(20-22-29)15-11-6-4-2/h13-14,17-18,27-30H,3-8,11-12,15-16,19-26H2,1-2H3. The third-order valence-corrected chi connectivity index (χ3v) is 7.70. The molecule has 2 saturated carbocycles. The molecule has 0 aromatic heterocycles. The summed E-state index contributed by atoms with van der Waals surface area (Å²) in [7, 11) is 0. The van der Waals surface area contributed by atoms with Gasteiger partial charge in [-0.2, -0.15) is 0 Å². The van der Waals surface area contributed by atoms with Gasteiger partial charge in [-0.15, -0.1) is 0 Å². The minimum atomic E-state index is 0.780. The fraction of sp³-hybridized carbons (Fsp3) is 0.800. The lowest BCUT2D eigenvalue weighted by Gasteiger charge is -2.26. The van der Waals surface area contributed by atoms with Crippen LogP contribution in [0.1, 0.15) is 129 Å². The van der Waals surface area contributed by atoms with Gasteiger partial charge >= 0.3 is 0 Å². The highest BCUT2D eigenvalue weighted by Gasteiger charge is 2.19. The van der Waals surface area contributed by atoms with E-state index in [0.717, 1.165) is 23.7 Å². The fourth-order valence-corrected chi connectivity index (χ4v) is 5.52.